The smallest absolute Gasteiger partial charge is 0.328 e. The van der Waals surface area contributed by atoms with Crippen LogP contribution < -0.4 is 5.73 Å². The van der Waals surface area contributed by atoms with Crippen LogP contribution in [0.25, 0.3) is 0 Å². The Morgan fingerprint density at radius 2 is 1.90 bits per heavy atom. The molecule has 0 aliphatic rings. The van der Waals surface area contributed by atoms with E-state index in [-0.39, 0.29) is 12.5 Å². The van der Waals surface area contributed by atoms with Crippen LogP contribution in [0.15, 0.2) is 0 Å². The fraction of sp³-hybridized carbons (Fsp3) is 1.00. The Morgan fingerprint density at radius 1 is 1.40 bits per heavy atom. The summed E-state index contributed by atoms with van der Waals surface area (Å²) in [6, 6.07) is -0.304. The lowest BCUT2D eigenvalue weighted by Gasteiger charge is -2.09. The summed E-state index contributed by atoms with van der Waals surface area (Å²) in [7, 11) is 0. The van der Waals surface area contributed by atoms with E-state index in [1.807, 2.05) is 0 Å². The van der Waals surface area contributed by atoms with Crippen LogP contribution in [0, 0.1) is 0 Å². The van der Waals surface area contributed by atoms with Crippen molar-refractivity contribution in [2.45, 2.75) is 38.4 Å². The van der Waals surface area contributed by atoms with E-state index in [1.54, 1.807) is 6.92 Å². The van der Waals surface area contributed by atoms with Gasteiger partial charge in [0.05, 0.1) is 0 Å². The van der Waals surface area contributed by atoms with Crippen molar-refractivity contribution in [3.63, 3.8) is 0 Å². The normalized spacial score (nSPS) is 15.3. The lowest BCUT2D eigenvalue weighted by molar-refractivity contribution is -0.136. The fourth-order valence-corrected chi connectivity index (χ4v) is 0.553. The molecule has 0 aliphatic heterocycles. The second-order valence-electron chi connectivity index (χ2n) is 2.32. The Kier molecular flexibility index (Phi) is 3.71. The van der Waals surface area contributed by atoms with Crippen molar-refractivity contribution in [2.75, 3.05) is 0 Å². The zero-order valence-corrected chi connectivity index (χ0v) is 5.91. The first-order valence-corrected chi connectivity index (χ1v) is 3.28. The minimum Gasteiger partial charge on any atom is -0.328 e. The molecule has 4 heteroatoms. The quantitative estimate of drug-likeness (QED) is 0.663. The third-order valence-electron chi connectivity index (χ3n) is 1.32. The largest absolute Gasteiger partial charge is 0.389 e. The van der Waals surface area contributed by atoms with E-state index in [9.17, 15) is 13.2 Å². The summed E-state index contributed by atoms with van der Waals surface area (Å²) in [5, 5.41) is 0. The molecule has 1 nitrogen and oxygen atoms in total. The zero-order valence-electron chi connectivity index (χ0n) is 5.91. The Balaban J connectivity index is 3.36. The predicted octanol–water partition coefficient (Wildman–Crippen LogP) is 2.07. The van der Waals surface area contributed by atoms with Crippen LogP contribution in [0.1, 0.15) is 26.2 Å². The minimum absolute atomic E-state index is 0.0417. The molecule has 0 bridgehead atoms. The molecule has 0 aromatic carbocycles. The van der Waals surface area contributed by atoms with Gasteiger partial charge in [-0.1, -0.05) is 6.92 Å². The van der Waals surface area contributed by atoms with E-state index < -0.39 is 12.6 Å². The van der Waals surface area contributed by atoms with Crippen molar-refractivity contribution in [1.29, 1.82) is 0 Å². The van der Waals surface area contributed by atoms with Crippen molar-refractivity contribution in [2.24, 2.45) is 5.73 Å². The number of alkyl halides is 3. The highest BCUT2D eigenvalue weighted by atomic mass is 19.4. The second kappa shape index (κ2) is 3.81. The maximum atomic E-state index is 11.5. The molecule has 0 amide bonds. The van der Waals surface area contributed by atoms with Gasteiger partial charge in [0.1, 0.15) is 0 Å². The third kappa shape index (κ3) is 5.88. The molecular weight excluding hydrogens is 143 g/mol. The van der Waals surface area contributed by atoms with Crippen molar-refractivity contribution in [3.8, 4) is 0 Å². The van der Waals surface area contributed by atoms with Gasteiger partial charge in [0, 0.05) is 12.5 Å². The molecule has 0 aromatic rings. The lowest BCUT2D eigenvalue weighted by atomic mass is 10.1. The molecule has 0 saturated heterocycles. The van der Waals surface area contributed by atoms with E-state index in [0.29, 0.717) is 6.42 Å². The van der Waals surface area contributed by atoms with E-state index in [1.165, 1.54) is 0 Å². The number of rotatable bonds is 3. The molecule has 62 valence electrons. The molecular formula is C6H12F3N. The Bertz CT molecular complexity index is 89.5. The second-order valence-corrected chi connectivity index (χ2v) is 2.32. The van der Waals surface area contributed by atoms with Crippen LogP contribution in [0.4, 0.5) is 13.2 Å². The van der Waals surface area contributed by atoms with Crippen LogP contribution in [-0.2, 0) is 0 Å². The summed E-state index contributed by atoms with van der Waals surface area (Å²) in [5.74, 6) is 0. The molecule has 10 heavy (non-hydrogen) atoms. The average Bonchev–Trinajstić information content (AvgIpc) is 1.81. The van der Waals surface area contributed by atoms with Gasteiger partial charge in [-0.3, -0.25) is 0 Å². The fourth-order valence-electron chi connectivity index (χ4n) is 0.553. The summed E-state index contributed by atoms with van der Waals surface area (Å²) in [6.45, 7) is 1.78. The van der Waals surface area contributed by atoms with Crippen molar-refractivity contribution >= 4 is 0 Å². The maximum absolute atomic E-state index is 11.5. The molecule has 0 radical (unpaired) electrons. The molecule has 0 fully saturated rings. The number of hydrogen-bond donors (Lipinski definition) is 1. The van der Waals surface area contributed by atoms with E-state index in [2.05, 4.69) is 0 Å². The van der Waals surface area contributed by atoms with Gasteiger partial charge in [0.25, 0.3) is 0 Å². The van der Waals surface area contributed by atoms with E-state index in [4.69, 9.17) is 5.73 Å². The first-order chi connectivity index (χ1) is 4.45. The Morgan fingerprint density at radius 3 is 2.20 bits per heavy atom. The molecule has 0 aliphatic carbocycles. The monoisotopic (exact) mass is 155 g/mol. The number of halogens is 3. The highest BCUT2D eigenvalue weighted by Gasteiger charge is 2.26. The number of nitrogens with two attached hydrogens (primary N) is 1. The Labute approximate surface area is 58.4 Å². The van der Waals surface area contributed by atoms with Gasteiger partial charge in [0.2, 0.25) is 0 Å². The first-order valence-electron chi connectivity index (χ1n) is 3.28. The van der Waals surface area contributed by atoms with Gasteiger partial charge >= 0.3 is 6.18 Å². The summed E-state index contributed by atoms with van der Waals surface area (Å²) < 4.78 is 34.5. The Hall–Kier alpha value is -0.250. The van der Waals surface area contributed by atoms with Crippen LogP contribution in [0.5, 0.6) is 0 Å². The predicted molar refractivity (Wildman–Crippen MR) is 33.6 cm³/mol. The van der Waals surface area contributed by atoms with Crippen molar-refractivity contribution in [1.82, 2.24) is 0 Å². The highest BCUT2D eigenvalue weighted by molar-refractivity contribution is 4.61. The van der Waals surface area contributed by atoms with Crippen LogP contribution >= 0.6 is 0 Å². The molecule has 0 aromatic heterocycles. The average molecular weight is 155 g/mol. The van der Waals surface area contributed by atoms with Crippen LogP contribution in [-0.4, -0.2) is 12.2 Å². The van der Waals surface area contributed by atoms with E-state index in [0.717, 1.165) is 0 Å². The zero-order chi connectivity index (χ0) is 8.20. The summed E-state index contributed by atoms with van der Waals surface area (Å²) in [4.78, 5) is 0. The standard InChI is InChI=1S/C6H12F3N/c1-2-5(10)3-4-6(7,8)9/h5H,2-4,10H2,1H3/t5-/m0/s1. The van der Waals surface area contributed by atoms with Gasteiger partial charge in [0.15, 0.2) is 0 Å². The SMILES string of the molecule is CC[C@H](N)CCC(F)(F)F. The van der Waals surface area contributed by atoms with Gasteiger partial charge in [-0.15, -0.1) is 0 Å². The van der Waals surface area contributed by atoms with E-state index >= 15 is 0 Å². The summed E-state index contributed by atoms with van der Waals surface area (Å²) in [6.07, 6.45) is -4.16. The van der Waals surface area contributed by atoms with Gasteiger partial charge < -0.3 is 5.73 Å². The van der Waals surface area contributed by atoms with Crippen LogP contribution in [0.3, 0.4) is 0 Å². The van der Waals surface area contributed by atoms with Crippen molar-refractivity contribution < 1.29 is 13.2 Å². The summed E-state index contributed by atoms with van der Waals surface area (Å²) in [5.41, 5.74) is 5.28. The molecule has 0 rings (SSSR count). The summed E-state index contributed by atoms with van der Waals surface area (Å²) >= 11 is 0. The molecule has 0 saturated carbocycles. The van der Waals surface area contributed by atoms with Gasteiger partial charge in [-0.05, 0) is 12.8 Å². The highest BCUT2D eigenvalue weighted by Crippen LogP contribution is 2.22. The topological polar surface area (TPSA) is 26.0 Å². The third-order valence-corrected chi connectivity index (χ3v) is 1.32. The number of hydrogen-bond acceptors (Lipinski definition) is 1. The molecule has 0 unspecified atom stereocenters. The maximum Gasteiger partial charge on any atom is 0.389 e. The van der Waals surface area contributed by atoms with Gasteiger partial charge in [-0.25, -0.2) is 0 Å². The van der Waals surface area contributed by atoms with Gasteiger partial charge in [-0.2, -0.15) is 13.2 Å². The molecule has 1 atom stereocenters. The van der Waals surface area contributed by atoms with Crippen LogP contribution in [0.2, 0.25) is 0 Å². The first kappa shape index (κ1) is 9.75. The minimum atomic E-state index is -4.05. The molecule has 0 spiro atoms. The van der Waals surface area contributed by atoms with Crippen molar-refractivity contribution in [3.05, 3.63) is 0 Å². The lowest BCUT2D eigenvalue weighted by Crippen LogP contribution is -2.21. The molecule has 2 N–H and O–H groups in total. The molecule has 0 heterocycles.